The Morgan fingerprint density at radius 1 is 1.33 bits per heavy atom. The van der Waals surface area contributed by atoms with E-state index in [-0.39, 0.29) is 5.92 Å². The van der Waals surface area contributed by atoms with Gasteiger partial charge in [0.05, 0.1) is 0 Å². The summed E-state index contributed by atoms with van der Waals surface area (Å²) in [5.41, 5.74) is 6.37. The number of nitrogens with two attached hydrogens (primary N) is 1. The van der Waals surface area contributed by atoms with E-state index in [2.05, 4.69) is 5.32 Å². The van der Waals surface area contributed by atoms with Gasteiger partial charge in [0.25, 0.3) is 0 Å². The zero-order valence-electron chi connectivity index (χ0n) is 11.3. The molecule has 0 saturated heterocycles. The van der Waals surface area contributed by atoms with Gasteiger partial charge in [-0.2, -0.15) is 0 Å². The summed E-state index contributed by atoms with van der Waals surface area (Å²) >= 11 is 0. The molecule has 4 nitrogen and oxygen atoms in total. The molecule has 0 aliphatic rings. The van der Waals surface area contributed by atoms with E-state index < -0.39 is 11.7 Å². The lowest BCUT2D eigenvalue weighted by molar-refractivity contribution is 0.0525. The summed E-state index contributed by atoms with van der Waals surface area (Å²) in [5, 5.41) is 2.75. The van der Waals surface area contributed by atoms with Crippen molar-refractivity contribution in [3.63, 3.8) is 0 Å². The molecule has 1 unspecified atom stereocenters. The quantitative estimate of drug-likeness (QED) is 0.861. The maximum atomic E-state index is 11.5. The van der Waals surface area contributed by atoms with Gasteiger partial charge in [-0.25, -0.2) is 4.79 Å². The average Bonchev–Trinajstić information content (AvgIpc) is 2.29. The van der Waals surface area contributed by atoms with Gasteiger partial charge in [0.15, 0.2) is 0 Å². The van der Waals surface area contributed by atoms with Crippen LogP contribution in [0, 0.1) is 0 Å². The third-order valence-corrected chi connectivity index (χ3v) is 2.45. The van der Waals surface area contributed by atoms with Crippen molar-refractivity contribution in [2.24, 2.45) is 5.73 Å². The molecule has 0 heterocycles. The molecule has 18 heavy (non-hydrogen) atoms. The number of nitrogens with one attached hydrogen (secondary N) is 1. The fourth-order valence-corrected chi connectivity index (χ4v) is 1.58. The highest BCUT2D eigenvalue weighted by Crippen LogP contribution is 2.13. The second-order valence-corrected chi connectivity index (χ2v) is 5.23. The van der Waals surface area contributed by atoms with Gasteiger partial charge in [-0.15, -0.1) is 0 Å². The summed E-state index contributed by atoms with van der Waals surface area (Å²) in [4.78, 5) is 11.5. The summed E-state index contributed by atoms with van der Waals surface area (Å²) in [6.45, 7) is 6.48. The lowest BCUT2D eigenvalue weighted by Gasteiger charge is -2.21. The highest BCUT2D eigenvalue weighted by Gasteiger charge is 2.17. The van der Waals surface area contributed by atoms with Crippen molar-refractivity contribution < 1.29 is 9.53 Å². The second-order valence-electron chi connectivity index (χ2n) is 5.23. The normalized spacial score (nSPS) is 12.9. The van der Waals surface area contributed by atoms with Crippen molar-refractivity contribution in [2.45, 2.75) is 32.3 Å². The number of rotatable bonds is 4. The van der Waals surface area contributed by atoms with E-state index in [1.54, 1.807) is 0 Å². The third-order valence-electron chi connectivity index (χ3n) is 2.45. The summed E-state index contributed by atoms with van der Waals surface area (Å²) in [5.74, 6) is 0.110. The zero-order chi connectivity index (χ0) is 13.6. The number of carbonyl (C=O) groups excluding carboxylic acids is 1. The van der Waals surface area contributed by atoms with Gasteiger partial charge in [0.1, 0.15) is 5.60 Å². The number of benzene rings is 1. The molecule has 100 valence electrons. The second kappa shape index (κ2) is 6.40. The molecule has 0 aromatic heterocycles. The Balaban J connectivity index is 2.48. The van der Waals surface area contributed by atoms with Gasteiger partial charge >= 0.3 is 6.09 Å². The van der Waals surface area contributed by atoms with Crippen LogP contribution >= 0.6 is 0 Å². The third kappa shape index (κ3) is 5.19. The first-order chi connectivity index (χ1) is 8.42. The van der Waals surface area contributed by atoms with E-state index in [9.17, 15) is 4.79 Å². The maximum absolute atomic E-state index is 11.5. The van der Waals surface area contributed by atoms with Crippen LogP contribution in [0.2, 0.25) is 0 Å². The zero-order valence-corrected chi connectivity index (χ0v) is 11.3. The molecular formula is C14H22N2O2. The van der Waals surface area contributed by atoms with Gasteiger partial charge in [0, 0.05) is 19.0 Å². The van der Waals surface area contributed by atoms with Crippen molar-refractivity contribution in [1.29, 1.82) is 0 Å². The molecule has 4 heteroatoms. The fourth-order valence-electron chi connectivity index (χ4n) is 1.58. The molecule has 0 radical (unpaired) electrons. The Labute approximate surface area is 109 Å². The molecule has 0 fully saturated rings. The number of amides is 1. The monoisotopic (exact) mass is 250 g/mol. The summed E-state index contributed by atoms with van der Waals surface area (Å²) in [7, 11) is 0. The molecule has 1 rings (SSSR count). The summed E-state index contributed by atoms with van der Waals surface area (Å²) in [6, 6.07) is 9.90. The number of hydrogen-bond acceptors (Lipinski definition) is 3. The molecule has 0 bridgehead atoms. The Hall–Kier alpha value is -1.55. The fraction of sp³-hybridized carbons (Fsp3) is 0.500. The van der Waals surface area contributed by atoms with Crippen molar-refractivity contribution in [3.05, 3.63) is 35.9 Å². The minimum absolute atomic E-state index is 0.110. The predicted octanol–water partition coefficient (Wildman–Crippen LogP) is 2.25. The first-order valence-electron chi connectivity index (χ1n) is 6.14. The van der Waals surface area contributed by atoms with Crippen LogP contribution < -0.4 is 11.1 Å². The molecule has 3 N–H and O–H groups in total. The van der Waals surface area contributed by atoms with Crippen LogP contribution in [0.4, 0.5) is 4.79 Å². The maximum Gasteiger partial charge on any atom is 0.407 e. The molecule has 0 saturated carbocycles. The number of alkyl carbamates (subject to hydrolysis) is 1. The first-order valence-corrected chi connectivity index (χ1v) is 6.14. The molecule has 1 aromatic carbocycles. The molecule has 0 aliphatic heterocycles. The van der Waals surface area contributed by atoms with E-state index in [4.69, 9.17) is 10.5 Å². The Morgan fingerprint density at radius 3 is 2.44 bits per heavy atom. The summed E-state index contributed by atoms with van der Waals surface area (Å²) in [6.07, 6.45) is -0.406. The molecule has 0 aliphatic carbocycles. The van der Waals surface area contributed by atoms with Crippen molar-refractivity contribution in [3.8, 4) is 0 Å². The largest absolute Gasteiger partial charge is 0.444 e. The van der Waals surface area contributed by atoms with Crippen LogP contribution in [0.5, 0.6) is 0 Å². The predicted molar refractivity (Wildman–Crippen MR) is 72.5 cm³/mol. The number of ether oxygens (including phenoxy) is 1. The van der Waals surface area contributed by atoms with E-state index >= 15 is 0 Å². The lowest BCUT2D eigenvalue weighted by Crippen LogP contribution is -2.36. The van der Waals surface area contributed by atoms with Crippen LogP contribution in [0.15, 0.2) is 30.3 Å². The van der Waals surface area contributed by atoms with Gasteiger partial charge in [0.2, 0.25) is 0 Å². The van der Waals surface area contributed by atoms with Crippen molar-refractivity contribution >= 4 is 6.09 Å². The number of hydrogen-bond donors (Lipinski definition) is 2. The minimum Gasteiger partial charge on any atom is -0.444 e. The number of carbonyl (C=O) groups is 1. The highest BCUT2D eigenvalue weighted by molar-refractivity contribution is 5.67. The van der Waals surface area contributed by atoms with Gasteiger partial charge in [-0.3, -0.25) is 0 Å². The van der Waals surface area contributed by atoms with Crippen LogP contribution in [0.1, 0.15) is 32.3 Å². The Kier molecular flexibility index (Phi) is 5.16. The highest BCUT2D eigenvalue weighted by atomic mass is 16.6. The van der Waals surface area contributed by atoms with Crippen LogP contribution in [0.3, 0.4) is 0 Å². The summed E-state index contributed by atoms with van der Waals surface area (Å²) < 4.78 is 5.18. The molecule has 1 atom stereocenters. The van der Waals surface area contributed by atoms with E-state index in [1.807, 2.05) is 51.1 Å². The van der Waals surface area contributed by atoms with Gasteiger partial charge in [-0.05, 0) is 26.3 Å². The SMILES string of the molecule is CC(C)(C)OC(=O)NCC(CN)c1ccccc1. The lowest BCUT2D eigenvalue weighted by atomic mass is 9.99. The Morgan fingerprint density at radius 2 is 1.94 bits per heavy atom. The Bertz CT molecular complexity index is 371. The van der Waals surface area contributed by atoms with Crippen LogP contribution in [0.25, 0.3) is 0 Å². The van der Waals surface area contributed by atoms with Crippen LogP contribution in [-0.2, 0) is 4.74 Å². The van der Waals surface area contributed by atoms with Crippen molar-refractivity contribution in [2.75, 3.05) is 13.1 Å². The molecule has 1 amide bonds. The van der Waals surface area contributed by atoms with Crippen molar-refractivity contribution in [1.82, 2.24) is 5.32 Å². The first kappa shape index (κ1) is 14.5. The standard InChI is InChI=1S/C14H22N2O2/c1-14(2,3)18-13(17)16-10-12(9-15)11-7-5-4-6-8-11/h4-8,12H,9-10,15H2,1-3H3,(H,16,17). The minimum atomic E-state index is -0.477. The van der Waals surface area contributed by atoms with Gasteiger partial charge < -0.3 is 15.8 Å². The van der Waals surface area contributed by atoms with E-state index in [1.165, 1.54) is 0 Å². The average molecular weight is 250 g/mol. The van der Waals surface area contributed by atoms with E-state index in [0.717, 1.165) is 5.56 Å². The molecule has 1 aromatic rings. The van der Waals surface area contributed by atoms with Gasteiger partial charge in [-0.1, -0.05) is 30.3 Å². The smallest absolute Gasteiger partial charge is 0.407 e. The molecular weight excluding hydrogens is 228 g/mol. The topological polar surface area (TPSA) is 64.3 Å². The molecule has 0 spiro atoms. The van der Waals surface area contributed by atoms with Crippen LogP contribution in [-0.4, -0.2) is 24.8 Å². The van der Waals surface area contributed by atoms with E-state index in [0.29, 0.717) is 13.1 Å².